The van der Waals surface area contributed by atoms with Gasteiger partial charge in [-0.25, -0.2) is 4.98 Å². The molecule has 0 spiro atoms. The van der Waals surface area contributed by atoms with Gasteiger partial charge in [0.2, 0.25) is 5.91 Å². The summed E-state index contributed by atoms with van der Waals surface area (Å²) in [7, 11) is 0. The Labute approximate surface area is 187 Å². The molecule has 2 aromatic carbocycles. The molecule has 3 aromatic rings. The minimum atomic E-state index is -0.646. The van der Waals surface area contributed by atoms with Crippen molar-refractivity contribution in [2.45, 2.75) is 19.4 Å². The third-order valence-corrected chi connectivity index (χ3v) is 5.69. The molecule has 2 amide bonds. The number of benzene rings is 2. The molecular weight excluding hydrogens is 466 g/mol. The molecular formula is C21H22BrN5O2S. The topological polar surface area (TPSA) is 99.8 Å². The number of nitrogens with zero attached hydrogens (tertiary/aromatic N) is 2. The number of amides is 2. The fraction of sp³-hybridized carbons (Fsp3) is 0.238. The minimum absolute atomic E-state index is 0.258. The van der Waals surface area contributed by atoms with Crippen molar-refractivity contribution < 1.29 is 9.59 Å². The van der Waals surface area contributed by atoms with Crippen molar-refractivity contribution in [2.75, 3.05) is 17.3 Å². The summed E-state index contributed by atoms with van der Waals surface area (Å²) in [5.41, 5.74) is 1.98. The highest BCUT2D eigenvalue weighted by Gasteiger charge is 2.22. The van der Waals surface area contributed by atoms with Gasteiger partial charge in [0.25, 0.3) is 5.91 Å². The van der Waals surface area contributed by atoms with E-state index in [1.165, 1.54) is 0 Å². The van der Waals surface area contributed by atoms with E-state index in [4.69, 9.17) is 0 Å². The van der Waals surface area contributed by atoms with Gasteiger partial charge in [-0.3, -0.25) is 14.7 Å². The fourth-order valence-corrected chi connectivity index (χ4v) is 3.73. The molecule has 0 aliphatic heterocycles. The van der Waals surface area contributed by atoms with Gasteiger partial charge in [-0.05, 0) is 77.7 Å². The van der Waals surface area contributed by atoms with Crippen LogP contribution in [0.25, 0.3) is 11.4 Å². The van der Waals surface area contributed by atoms with Crippen molar-refractivity contribution in [1.29, 1.82) is 0 Å². The van der Waals surface area contributed by atoms with Gasteiger partial charge in [0.05, 0.1) is 5.56 Å². The normalized spacial score (nSPS) is 11.7. The number of nitrogens with one attached hydrogen (secondary N) is 3. The van der Waals surface area contributed by atoms with Crippen LogP contribution in [-0.4, -0.2) is 45.0 Å². The SMILES string of the molecule is CSCCC(NC(=O)c1ccccc1Br)C(=O)Nc1ccc(-c2n[nH]c(C)n2)cc1. The molecule has 0 aliphatic rings. The molecule has 3 rings (SSSR count). The number of hydrogen-bond acceptors (Lipinski definition) is 5. The Kier molecular flexibility index (Phi) is 7.64. The standard InChI is InChI=1S/C21H22BrN5O2S/c1-13-23-19(27-26-13)14-7-9-15(10-8-14)24-21(29)18(11-12-30-2)25-20(28)16-5-3-4-6-17(16)22/h3-10,18H,11-12H2,1-2H3,(H,24,29)(H,25,28)(H,23,26,27). The van der Waals surface area contributed by atoms with Crippen LogP contribution in [0.3, 0.4) is 0 Å². The first-order valence-corrected chi connectivity index (χ1v) is 11.5. The number of aromatic nitrogens is 3. The maximum atomic E-state index is 12.9. The van der Waals surface area contributed by atoms with Gasteiger partial charge in [0.1, 0.15) is 11.9 Å². The van der Waals surface area contributed by atoms with Crippen molar-refractivity contribution in [2.24, 2.45) is 0 Å². The number of carbonyl (C=O) groups excluding carboxylic acids is 2. The second-order valence-corrected chi connectivity index (χ2v) is 8.44. The Morgan fingerprint density at radius 1 is 1.17 bits per heavy atom. The van der Waals surface area contributed by atoms with Crippen molar-refractivity contribution in [3.8, 4) is 11.4 Å². The van der Waals surface area contributed by atoms with Crippen molar-refractivity contribution in [3.63, 3.8) is 0 Å². The van der Waals surface area contributed by atoms with E-state index in [2.05, 4.69) is 41.7 Å². The molecule has 30 heavy (non-hydrogen) atoms. The van der Waals surface area contributed by atoms with Crippen LogP contribution >= 0.6 is 27.7 Å². The molecule has 0 radical (unpaired) electrons. The predicted octanol–water partition coefficient (Wildman–Crippen LogP) is 4.03. The highest BCUT2D eigenvalue weighted by molar-refractivity contribution is 9.10. The summed E-state index contributed by atoms with van der Waals surface area (Å²) in [5.74, 6) is 1.53. The van der Waals surface area contributed by atoms with Gasteiger partial charge in [0.15, 0.2) is 5.82 Å². The summed E-state index contributed by atoms with van der Waals surface area (Å²) in [6, 6.07) is 13.8. The quantitative estimate of drug-likeness (QED) is 0.445. The van der Waals surface area contributed by atoms with Crippen LogP contribution < -0.4 is 10.6 Å². The van der Waals surface area contributed by atoms with Gasteiger partial charge < -0.3 is 10.6 Å². The summed E-state index contributed by atoms with van der Waals surface area (Å²) >= 11 is 5.00. The number of rotatable bonds is 8. The molecule has 0 saturated carbocycles. The molecule has 9 heteroatoms. The van der Waals surface area contributed by atoms with E-state index >= 15 is 0 Å². The minimum Gasteiger partial charge on any atom is -0.340 e. The maximum Gasteiger partial charge on any atom is 0.253 e. The third-order valence-electron chi connectivity index (χ3n) is 4.36. The maximum absolute atomic E-state index is 12.9. The first kappa shape index (κ1) is 22.0. The van der Waals surface area contributed by atoms with Crippen LogP contribution in [0.2, 0.25) is 0 Å². The van der Waals surface area contributed by atoms with Crippen molar-refractivity contribution in [1.82, 2.24) is 20.5 Å². The first-order valence-electron chi connectivity index (χ1n) is 9.32. The van der Waals surface area contributed by atoms with Gasteiger partial charge in [-0.15, -0.1) is 0 Å². The molecule has 0 bridgehead atoms. The lowest BCUT2D eigenvalue weighted by Gasteiger charge is -2.18. The number of carbonyl (C=O) groups is 2. The van der Waals surface area contributed by atoms with E-state index in [1.807, 2.05) is 31.4 Å². The molecule has 1 heterocycles. The number of aryl methyl sites for hydroxylation is 1. The van der Waals surface area contributed by atoms with Crippen molar-refractivity contribution in [3.05, 3.63) is 64.4 Å². The summed E-state index contributed by atoms with van der Waals surface area (Å²) in [6.45, 7) is 1.84. The molecule has 7 nitrogen and oxygen atoms in total. The average Bonchev–Trinajstić information content (AvgIpc) is 3.18. The molecule has 1 aromatic heterocycles. The summed E-state index contributed by atoms with van der Waals surface area (Å²) in [4.78, 5) is 29.8. The van der Waals surface area contributed by atoms with Crippen molar-refractivity contribution >= 4 is 45.2 Å². The van der Waals surface area contributed by atoms with Crippen LogP contribution in [0.15, 0.2) is 53.0 Å². The van der Waals surface area contributed by atoms with Gasteiger partial charge in [0, 0.05) is 15.7 Å². The molecule has 1 unspecified atom stereocenters. The summed E-state index contributed by atoms with van der Waals surface area (Å²) in [5, 5.41) is 12.7. The molecule has 0 aliphatic carbocycles. The lowest BCUT2D eigenvalue weighted by Crippen LogP contribution is -2.44. The molecule has 1 atom stereocenters. The first-order chi connectivity index (χ1) is 14.5. The van der Waals surface area contributed by atoms with E-state index in [0.29, 0.717) is 28.0 Å². The predicted molar refractivity (Wildman–Crippen MR) is 124 cm³/mol. The number of hydrogen-bond donors (Lipinski definition) is 3. The van der Waals surface area contributed by atoms with Gasteiger partial charge >= 0.3 is 0 Å². The van der Waals surface area contributed by atoms with Crippen LogP contribution in [0.4, 0.5) is 5.69 Å². The lowest BCUT2D eigenvalue weighted by molar-refractivity contribution is -0.118. The zero-order valence-corrected chi connectivity index (χ0v) is 19.0. The number of anilines is 1. The lowest BCUT2D eigenvalue weighted by atomic mass is 10.1. The molecule has 156 valence electrons. The second-order valence-electron chi connectivity index (χ2n) is 6.60. The third kappa shape index (κ3) is 5.70. The highest BCUT2D eigenvalue weighted by Crippen LogP contribution is 2.19. The monoisotopic (exact) mass is 487 g/mol. The number of H-pyrrole nitrogens is 1. The highest BCUT2D eigenvalue weighted by atomic mass is 79.9. The Bertz CT molecular complexity index is 1020. The smallest absolute Gasteiger partial charge is 0.253 e. The zero-order valence-electron chi connectivity index (χ0n) is 16.6. The van der Waals surface area contributed by atoms with Gasteiger partial charge in [-0.1, -0.05) is 12.1 Å². The van der Waals surface area contributed by atoms with E-state index in [9.17, 15) is 9.59 Å². The molecule has 3 N–H and O–H groups in total. The van der Waals surface area contributed by atoms with Crippen LogP contribution in [0.5, 0.6) is 0 Å². The second kappa shape index (κ2) is 10.4. The van der Waals surface area contributed by atoms with Gasteiger partial charge in [-0.2, -0.15) is 16.9 Å². The fourth-order valence-electron chi connectivity index (χ4n) is 2.79. The summed E-state index contributed by atoms with van der Waals surface area (Å²) in [6.07, 6.45) is 2.49. The van der Waals surface area contributed by atoms with Crippen LogP contribution in [0.1, 0.15) is 22.6 Å². The molecule has 0 fully saturated rings. The van der Waals surface area contributed by atoms with E-state index in [0.717, 1.165) is 17.1 Å². The Balaban J connectivity index is 1.69. The van der Waals surface area contributed by atoms with E-state index in [-0.39, 0.29) is 11.8 Å². The Hall–Kier alpha value is -2.65. The van der Waals surface area contributed by atoms with E-state index < -0.39 is 6.04 Å². The zero-order chi connectivity index (χ0) is 21.5. The largest absolute Gasteiger partial charge is 0.340 e. The summed E-state index contributed by atoms with van der Waals surface area (Å²) < 4.78 is 0.685. The van der Waals surface area contributed by atoms with Crippen LogP contribution in [0, 0.1) is 6.92 Å². The number of halogens is 1. The number of aromatic amines is 1. The Morgan fingerprint density at radius 2 is 1.90 bits per heavy atom. The van der Waals surface area contributed by atoms with E-state index in [1.54, 1.807) is 42.1 Å². The molecule has 0 saturated heterocycles. The number of thioether (sulfide) groups is 1. The Morgan fingerprint density at radius 3 is 2.53 bits per heavy atom. The average molecular weight is 488 g/mol. The van der Waals surface area contributed by atoms with Crippen LogP contribution in [-0.2, 0) is 4.79 Å².